The minimum absolute atomic E-state index is 0.0874. The van der Waals surface area contributed by atoms with E-state index < -0.39 is 0 Å². The molecule has 1 saturated heterocycles. The monoisotopic (exact) mass is 440 g/mol. The number of carbonyl (C=O) groups excluding carboxylic acids is 1. The lowest BCUT2D eigenvalue weighted by molar-refractivity contribution is -0.122. The van der Waals surface area contributed by atoms with E-state index >= 15 is 0 Å². The zero-order valence-electron chi connectivity index (χ0n) is 17.6. The molecular formula is C23H25ClN4O3. The number of ether oxygens (including phenoxy) is 1. The summed E-state index contributed by atoms with van der Waals surface area (Å²) in [5.41, 5.74) is 1.66. The summed E-state index contributed by atoms with van der Waals surface area (Å²) >= 11 is 6.13. The summed E-state index contributed by atoms with van der Waals surface area (Å²) in [5, 5.41) is 4.73. The van der Waals surface area contributed by atoms with E-state index in [0.717, 1.165) is 36.4 Å². The average Bonchev–Trinajstić information content (AvgIpc) is 3.30. The van der Waals surface area contributed by atoms with Gasteiger partial charge in [0.1, 0.15) is 5.75 Å². The fourth-order valence-electron chi connectivity index (χ4n) is 3.88. The summed E-state index contributed by atoms with van der Waals surface area (Å²) in [6.45, 7) is 3.87. The smallest absolute Gasteiger partial charge is 0.324 e. The molecule has 31 heavy (non-hydrogen) atoms. The number of methoxy groups -OCH3 is 1. The number of piperidine rings is 1. The molecule has 1 unspecified atom stereocenters. The van der Waals surface area contributed by atoms with Gasteiger partial charge in [-0.05, 0) is 62.2 Å². The highest BCUT2D eigenvalue weighted by Crippen LogP contribution is 2.28. The molecule has 0 aliphatic carbocycles. The van der Waals surface area contributed by atoms with Gasteiger partial charge in [-0.2, -0.15) is 4.98 Å². The number of aromatic nitrogens is 2. The van der Waals surface area contributed by atoms with Crippen LogP contribution in [0.2, 0.25) is 5.02 Å². The normalized spacial score (nSPS) is 16.2. The summed E-state index contributed by atoms with van der Waals surface area (Å²) in [4.78, 5) is 21.6. The lowest BCUT2D eigenvalue weighted by atomic mass is 9.96. The third-order valence-corrected chi connectivity index (χ3v) is 5.74. The molecule has 0 spiro atoms. The Balaban J connectivity index is 1.48. The minimum atomic E-state index is -0.149. The molecule has 0 saturated carbocycles. The molecule has 1 aliphatic rings. The van der Waals surface area contributed by atoms with Crippen LogP contribution in [0.4, 0.5) is 11.7 Å². The van der Waals surface area contributed by atoms with Crippen LogP contribution in [0.15, 0.2) is 53.1 Å². The molecule has 162 valence electrons. The SMILES string of the molecule is CCN(C(=O)C1CCCN(c2nc(-c3ccc(OC)cc3)no2)C1)c1cccc(Cl)c1. The quantitative estimate of drug-likeness (QED) is 0.554. The van der Waals surface area contributed by atoms with Gasteiger partial charge in [-0.1, -0.05) is 22.8 Å². The lowest BCUT2D eigenvalue weighted by Gasteiger charge is -2.33. The molecule has 3 aromatic rings. The largest absolute Gasteiger partial charge is 0.497 e. The summed E-state index contributed by atoms with van der Waals surface area (Å²) in [6, 6.07) is 15.3. The molecule has 8 heteroatoms. The summed E-state index contributed by atoms with van der Waals surface area (Å²) < 4.78 is 10.7. The second kappa shape index (κ2) is 9.39. The molecule has 1 fully saturated rings. The van der Waals surface area contributed by atoms with E-state index in [2.05, 4.69) is 10.1 Å². The van der Waals surface area contributed by atoms with Crippen LogP contribution in [-0.4, -0.2) is 42.8 Å². The first-order chi connectivity index (χ1) is 15.1. The predicted octanol–water partition coefficient (Wildman–Crippen LogP) is 4.67. The average molecular weight is 441 g/mol. The Morgan fingerprint density at radius 2 is 2.10 bits per heavy atom. The molecule has 1 aliphatic heterocycles. The van der Waals surface area contributed by atoms with E-state index in [0.29, 0.717) is 30.0 Å². The van der Waals surface area contributed by atoms with Gasteiger partial charge in [0.2, 0.25) is 11.7 Å². The van der Waals surface area contributed by atoms with Crippen molar-refractivity contribution < 1.29 is 14.1 Å². The topological polar surface area (TPSA) is 71.7 Å². The Morgan fingerprint density at radius 3 is 2.81 bits per heavy atom. The first-order valence-electron chi connectivity index (χ1n) is 10.4. The molecule has 4 rings (SSSR count). The van der Waals surface area contributed by atoms with Crippen LogP contribution in [0.3, 0.4) is 0 Å². The highest BCUT2D eigenvalue weighted by Gasteiger charge is 2.31. The number of nitrogens with zero attached hydrogens (tertiary/aromatic N) is 4. The fourth-order valence-corrected chi connectivity index (χ4v) is 4.07. The van der Waals surface area contributed by atoms with Crippen LogP contribution in [0.25, 0.3) is 11.4 Å². The van der Waals surface area contributed by atoms with Gasteiger partial charge in [-0.15, -0.1) is 0 Å². The van der Waals surface area contributed by atoms with Gasteiger partial charge >= 0.3 is 6.01 Å². The van der Waals surface area contributed by atoms with Gasteiger partial charge in [0, 0.05) is 35.9 Å². The van der Waals surface area contributed by atoms with Gasteiger partial charge in [-0.3, -0.25) is 4.79 Å². The Labute approximate surface area is 186 Å². The van der Waals surface area contributed by atoms with Crippen molar-refractivity contribution in [1.29, 1.82) is 0 Å². The van der Waals surface area contributed by atoms with Crippen molar-refractivity contribution in [1.82, 2.24) is 10.1 Å². The number of hydrogen-bond acceptors (Lipinski definition) is 6. The Morgan fingerprint density at radius 1 is 1.29 bits per heavy atom. The van der Waals surface area contributed by atoms with Crippen molar-refractivity contribution in [2.45, 2.75) is 19.8 Å². The van der Waals surface area contributed by atoms with Gasteiger partial charge < -0.3 is 19.1 Å². The van der Waals surface area contributed by atoms with E-state index in [1.165, 1.54) is 0 Å². The minimum Gasteiger partial charge on any atom is -0.497 e. The number of hydrogen-bond donors (Lipinski definition) is 0. The van der Waals surface area contributed by atoms with Crippen LogP contribution < -0.4 is 14.5 Å². The number of amides is 1. The predicted molar refractivity (Wildman–Crippen MR) is 121 cm³/mol. The molecule has 2 heterocycles. The van der Waals surface area contributed by atoms with E-state index in [1.807, 2.05) is 60.4 Å². The number of carbonyl (C=O) groups is 1. The van der Waals surface area contributed by atoms with Crippen LogP contribution in [0.5, 0.6) is 5.75 Å². The van der Waals surface area contributed by atoms with Crippen molar-refractivity contribution in [2.75, 3.05) is 36.5 Å². The van der Waals surface area contributed by atoms with Crippen molar-refractivity contribution in [3.8, 4) is 17.1 Å². The van der Waals surface area contributed by atoms with E-state index in [9.17, 15) is 4.79 Å². The van der Waals surface area contributed by atoms with E-state index in [4.69, 9.17) is 20.9 Å². The second-order valence-corrected chi connectivity index (χ2v) is 7.91. The second-order valence-electron chi connectivity index (χ2n) is 7.48. The summed E-state index contributed by atoms with van der Waals surface area (Å²) in [5.74, 6) is 1.22. The lowest BCUT2D eigenvalue weighted by Crippen LogP contribution is -2.45. The third kappa shape index (κ3) is 4.66. The molecule has 2 aromatic carbocycles. The first kappa shape index (κ1) is 21.2. The number of anilines is 2. The Hall–Kier alpha value is -3.06. The Bertz CT molecular complexity index is 1040. The van der Waals surface area contributed by atoms with Crippen LogP contribution in [-0.2, 0) is 4.79 Å². The van der Waals surface area contributed by atoms with Gasteiger partial charge in [-0.25, -0.2) is 0 Å². The molecular weight excluding hydrogens is 416 g/mol. The first-order valence-corrected chi connectivity index (χ1v) is 10.8. The molecule has 1 atom stereocenters. The number of benzene rings is 2. The molecule has 0 bridgehead atoms. The van der Waals surface area contributed by atoms with E-state index in [1.54, 1.807) is 12.0 Å². The fraction of sp³-hybridized carbons (Fsp3) is 0.348. The summed E-state index contributed by atoms with van der Waals surface area (Å²) in [7, 11) is 1.63. The zero-order valence-corrected chi connectivity index (χ0v) is 18.4. The van der Waals surface area contributed by atoms with Crippen LogP contribution in [0.1, 0.15) is 19.8 Å². The maximum Gasteiger partial charge on any atom is 0.324 e. The zero-order chi connectivity index (χ0) is 21.8. The van der Waals surface area contributed by atoms with Gasteiger partial charge in [0.05, 0.1) is 13.0 Å². The number of rotatable bonds is 6. The molecule has 7 nitrogen and oxygen atoms in total. The Kier molecular flexibility index (Phi) is 6.42. The van der Waals surface area contributed by atoms with E-state index in [-0.39, 0.29) is 11.8 Å². The third-order valence-electron chi connectivity index (χ3n) is 5.51. The molecule has 0 radical (unpaired) electrons. The van der Waals surface area contributed by atoms with Gasteiger partial charge in [0.15, 0.2) is 0 Å². The molecule has 1 amide bonds. The van der Waals surface area contributed by atoms with Crippen LogP contribution >= 0.6 is 11.6 Å². The van der Waals surface area contributed by atoms with Crippen molar-refractivity contribution >= 4 is 29.2 Å². The summed E-state index contributed by atoms with van der Waals surface area (Å²) in [6.07, 6.45) is 1.70. The standard InChI is InChI=1S/C23H25ClN4O3/c1-3-28(19-8-4-7-18(24)14-19)22(29)17-6-5-13-27(15-17)23-25-21(26-31-23)16-9-11-20(30-2)12-10-16/h4,7-12,14,17H,3,5-6,13,15H2,1-2H3. The maximum absolute atomic E-state index is 13.3. The molecule has 1 aromatic heterocycles. The van der Waals surface area contributed by atoms with Crippen molar-refractivity contribution in [2.24, 2.45) is 5.92 Å². The number of halogens is 1. The highest BCUT2D eigenvalue weighted by atomic mass is 35.5. The highest BCUT2D eigenvalue weighted by molar-refractivity contribution is 6.30. The van der Waals surface area contributed by atoms with Crippen LogP contribution in [0, 0.1) is 5.92 Å². The van der Waals surface area contributed by atoms with Crippen molar-refractivity contribution in [3.63, 3.8) is 0 Å². The molecule has 0 N–H and O–H groups in total. The maximum atomic E-state index is 13.3. The van der Waals surface area contributed by atoms with Crippen molar-refractivity contribution in [3.05, 3.63) is 53.6 Å². The van der Waals surface area contributed by atoms with Gasteiger partial charge in [0.25, 0.3) is 0 Å².